The van der Waals surface area contributed by atoms with E-state index < -0.39 is 48.7 Å². The molecule has 1 fully saturated rings. The molecule has 0 radical (unpaired) electrons. The lowest BCUT2D eigenvalue weighted by Gasteiger charge is -2.42. The number of rotatable bonds is 10. The van der Waals surface area contributed by atoms with Gasteiger partial charge in [-0.2, -0.15) is 0 Å². The molecule has 2 amide bonds. The van der Waals surface area contributed by atoms with Crippen molar-refractivity contribution in [2.24, 2.45) is 0 Å². The third kappa shape index (κ3) is 7.12. The summed E-state index contributed by atoms with van der Waals surface area (Å²) in [5.74, 6) is -0.715. The summed E-state index contributed by atoms with van der Waals surface area (Å²) in [7, 11) is 0. The zero-order valence-corrected chi connectivity index (χ0v) is 16.7. The number of aliphatic hydroxyl groups excluding tert-OH is 5. The lowest BCUT2D eigenvalue weighted by atomic mass is 9.97. The minimum absolute atomic E-state index is 0.156. The third-order valence-corrected chi connectivity index (χ3v) is 4.64. The quantitative estimate of drug-likeness (QED) is 0.161. The molecule has 1 aliphatic heterocycles. The van der Waals surface area contributed by atoms with Gasteiger partial charge in [-0.3, -0.25) is 9.59 Å². The topological polar surface area (TPSA) is 198 Å². The van der Waals surface area contributed by atoms with E-state index in [0.29, 0.717) is 0 Å². The molecular formula is C17H32N2O10. The zero-order chi connectivity index (χ0) is 22.4. The standard InChI is InChI=1S/C17H32N2O10/c1-4-9(20)18-6-8-11(22)12(23)13(24)16(28-8)29-15(26)14(25)17(3,27)7-19-10(21)5-2/h8,11-16,22-27H,4-7H2,1-3H3,(H,18,20)(H,19,21)/t8?,11-,12?,13?,14?,15-,16-,17?/m1/s1. The Hall–Kier alpha value is -1.38. The molecule has 0 bridgehead atoms. The first-order valence-corrected chi connectivity index (χ1v) is 9.41. The van der Waals surface area contributed by atoms with Crippen LogP contribution in [-0.2, 0) is 19.1 Å². The number of hydrogen-bond donors (Lipinski definition) is 8. The third-order valence-electron chi connectivity index (χ3n) is 4.64. The van der Waals surface area contributed by atoms with E-state index in [0.717, 1.165) is 6.92 Å². The van der Waals surface area contributed by atoms with Crippen molar-refractivity contribution in [3.05, 3.63) is 0 Å². The second kappa shape index (κ2) is 11.1. The highest BCUT2D eigenvalue weighted by Gasteiger charge is 2.47. The largest absolute Gasteiger partial charge is 0.388 e. The highest BCUT2D eigenvalue weighted by Crippen LogP contribution is 2.24. The molecule has 8 N–H and O–H groups in total. The predicted molar refractivity (Wildman–Crippen MR) is 97.0 cm³/mol. The Morgan fingerprint density at radius 2 is 1.59 bits per heavy atom. The Kier molecular flexibility index (Phi) is 9.85. The Labute approximate surface area is 168 Å². The van der Waals surface area contributed by atoms with Crippen LogP contribution in [0.2, 0.25) is 0 Å². The van der Waals surface area contributed by atoms with E-state index in [-0.39, 0.29) is 37.7 Å². The first kappa shape index (κ1) is 25.7. The Morgan fingerprint density at radius 3 is 2.14 bits per heavy atom. The van der Waals surface area contributed by atoms with E-state index in [1.807, 2.05) is 0 Å². The predicted octanol–water partition coefficient (Wildman–Crippen LogP) is -3.71. The minimum Gasteiger partial charge on any atom is -0.388 e. The van der Waals surface area contributed by atoms with Crippen molar-refractivity contribution in [3.8, 4) is 0 Å². The molecular weight excluding hydrogens is 392 g/mol. The number of hydrogen-bond acceptors (Lipinski definition) is 10. The lowest BCUT2D eigenvalue weighted by molar-refractivity contribution is -0.345. The highest BCUT2D eigenvalue weighted by atomic mass is 16.7. The lowest BCUT2D eigenvalue weighted by Crippen LogP contribution is -2.62. The van der Waals surface area contributed by atoms with Gasteiger partial charge >= 0.3 is 0 Å². The Bertz CT molecular complexity index is 546. The fraction of sp³-hybridized carbons (Fsp3) is 0.882. The molecule has 1 aliphatic rings. The molecule has 1 saturated heterocycles. The number of carbonyl (C=O) groups excluding carboxylic acids is 2. The molecule has 12 heteroatoms. The summed E-state index contributed by atoms with van der Waals surface area (Å²) in [6, 6.07) is 0. The number of carbonyl (C=O) groups is 2. The molecule has 1 heterocycles. The van der Waals surface area contributed by atoms with Crippen molar-refractivity contribution in [3.63, 3.8) is 0 Å². The van der Waals surface area contributed by atoms with Crippen LogP contribution >= 0.6 is 0 Å². The fourth-order valence-corrected chi connectivity index (χ4v) is 2.56. The van der Waals surface area contributed by atoms with Crippen LogP contribution in [0.5, 0.6) is 0 Å². The summed E-state index contributed by atoms with van der Waals surface area (Å²) in [6.45, 7) is 3.78. The van der Waals surface area contributed by atoms with Gasteiger partial charge in [0.15, 0.2) is 12.6 Å². The van der Waals surface area contributed by atoms with Gasteiger partial charge in [0.1, 0.15) is 36.1 Å². The second-order valence-electron chi connectivity index (χ2n) is 7.13. The summed E-state index contributed by atoms with van der Waals surface area (Å²) < 4.78 is 10.3. The fourth-order valence-electron chi connectivity index (χ4n) is 2.56. The maximum atomic E-state index is 11.4. The average molecular weight is 424 g/mol. The summed E-state index contributed by atoms with van der Waals surface area (Å²) in [5.41, 5.74) is -1.99. The summed E-state index contributed by atoms with van der Waals surface area (Å²) >= 11 is 0. The molecule has 0 saturated carbocycles. The molecule has 0 aliphatic carbocycles. The van der Waals surface area contributed by atoms with Gasteiger partial charge in [0.25, 0.3) is 0 Å². The summed E-state index contributed by atoms with van der Waals surface area (Å²) in [6.07, 6.45) is -11.5. The van der Waals surface area contributed by atoms with E-state index in [4.69, 9.17) is 9.47 Å². The van der Waals surface area contributed by atoms with Gasteiger partial charge in [-0.05, 0) is 6.92 Å². The minimum atomic E-state index is -2.07. The van der Waals surface area contributed by atoms with Gasteiger partial charge in [0, 0.05) is 25.9 Å². The van der Waals surface area contributed by atoms with Crippen molar-refractivity contribution in [1.29, 1.82) is 0 Å². The molecule has 0 aromatic heterocycles. The van der Waals surface area contributed by atoms with Crippen molar-refractivity contribution in [2.75, 3.05) is 13.1 Å². The van der Waals surface area contributed by atoms with Crippen LogP contribution in [0.25, 0.3) is 0 Å². The molecule has 1 rings (SSSR count). The number of aliphatic hydroxyl groups is 6. The van der Waals surface area contributed by atoms with Gasteiger partial charge in [0.05, 0.1) is 0 Å². The molecule has 170 valence electrons. The first-order chi connectivity index (χ1) is 13.4. The summed E-state index contributed by atoms with van der Waals surface area (Å²) in [5, 5.41) is 65.3. The van der Waals surface area contributed by atoms with Gasteiger partial charge < -0.3 is 50.7 Å². The molecule has 0 aromatic carbocycles. The van der Waals surface area contributed by atoms with E-state index in [2.05, 4.69) is 10.6 Å². The van der Waals surface area contributed by atoms with Gasteiger partial charge in [-0.15, -0.1) is 0 Å². The molecule has 29 heavy (non-hydrogen) atoms. The van der Waals surface area contributed by atoms with Crippen LogP contribution in [-0.4, -0.2) is 104 Å². The van der Waals surface area contributed by atoms with Crippen LogP contribution in [0.4, 0.5) is 0 Å². The Morgan fingerprint density at radius 1 is 1.03 bits per heavy atom. The average Bonchev–Trinajstić information content (AvgIpc) is 2.70. The highest BCUT2D eigenvalue weighted by molar-refractivity contribution is 5.75. The van der Waals surface area contributed by atoms with E-state index in [1.165, 1.54) is 0 Å². The molecule has 0 aromatic rings. The maximum absolute atomic E-state index is 11.4. The van der Waals surface area contributed by atoms with Crippen molar-refractivity contribution < 1.29 is 49.7 Å². The zero-order valence-electron chi connectivity index (χ0n) is 16.7. The van der Waals surface area contributed by atoms with Crippen LogP contribution in [0.15, 0.2) is 0 Å². The van der Waals surface area contributed by atoms with Crippen molar-refractivity contribution >= 4 is 11.8 Å². The number of nitrogens with one attached hydrogen (secondary N) is 2. The number of ether oxygens (including phenoxy) is 2. The van der Waals surface area contributed by atoms with E-state index >= 15 is 0 Å². The second-order valence-corrected chi connectivity index (χ2v) is 7.13. The van der Waals surface area contributed by atoms with Crippen LogP contribution < -0.4 is 10.6 Å². The molecule has 0 spiro atoms. The van der Waals surface area contributed by atoms with Gasteiger partial charge in [-0.1, -0.05) is 13.8 Å². The normalized spacial score (nSPS) is 31.4. The van der Waals surface area contributed by atoms with Gasteiger partial charge in [0.2, 0.25) is 11.8 Å². The SMILES string of the molecule is CCC(=O)NCC1O[C@H](O[C@@H](O)C(O)C(C)(O)CNC(=O)CC)C(O)C(O)[C@@H]1O. The summed E-state index contributed by atoms with van der Waals surface area (Å²) in [4.78, 5) is 22.7. The monoisotopic (exact) mass is 424 g/mol. The molecule has 12 nitrogen and oxygen atoms in total. The van der Waals surface area contributed by atoms with E-state index in [9.17, 15) is 40.2 Å². The molecule has 5 unspecified atom stereocenters. The maximum Gasteiger partial charge on any atom is 0.219 e. The first-order valence-electron chi connectivity index (χ1n) is 9.41. The number of amides is 2. The Balaban J connectivity index is 2.74. The van der Waals surface area contributed by atoms with Crippen molar-refractivity contribution in [2.45, 2.75) is 82.3 Å². The van der Waals surface area contributed by atoms with Crippen LogP contribution in [0.1, 0.15) is 33.6 Å². The molecule has 8 atom stereocenters. The van der Waals surface area contributed by atoms with E-state index in [1.54, 1.807) is 13.8 Å². The van der Waals surface area contributed by atoms with Crippen LogP contribution in [0.3, 0.4) is 0 Å². The van der Waals surface area contributed by atoms with Crippen molar-refractivity contribution in [1.82, 2.24) is 10.6 Å². The van der Waals surface area contributed by atoms with Gasteiger partial charge in [-0.25, -0.2) is 0 Å². The van der Waals surface area contributed by atoms with Crippen LogP contribution in [0, 0.1) is 0 Å². The smallest absolute Gasteiger partial charge is 0.219 e.